The van der Waals surface area contributed by atoms with E-state index in [2.05, 4.69) is 4.74 Å². The van der Waals surface area contributed by atoms with Gasteiger partial charge >= 0.3 is 6.36 Å². The summed E-state index contributed by atoms with van der Waals surface area (Å²) in [6, 6.07) is 1.50. The van der Waals surface area contributed by atoms with Gasteiger partial charge in [0, 0.05) is 5.56 Å². The molecule has 0 radical (unpaired) electrons. The van der Waals surface area contributed by atoms with E-state index in [-0.39, 0.29) is 5.56 Å². The lowest BCUT2D eigenvalue weighted by Gasteiger charge is -2.12. The van der Waals surface area contributed by atoms with E-state index in [9.17, 15) is 22.4 Å². The summed E-state index contributed by atoms with van der Waals surface area (Å²) in [5.74, 6) is -2.64. The Balaban J connectivity index is 3.22. The Bertz CT molecular complexity index is 428. The number of rotatable bonds is 2. The molecule has 0 atom stereocenters. The second-order valence-corrected chi connectivity index (χ2v) is 2.97. The lowest BCUT2D eigenvalue weighted by Crippen LogP contribution is -2.18. The summed E-state index contributed by atoms with van der Waals surface area (Å²) >= 11 is 0. The molecule has 3 nitrogen and oxygen atoms in total. The Kier molecular flexibility index (Phi) is 3.06. The molecule has 1 rings (SSSR count). The standard InChI is InChI=1S/C9H7F4NO2/c1-4(15)5-2-6(10)8(14)7(3-5)16-9(11,12)13/h2-3H,14H2,1H3. The molecule has 0 aliphatic heterocycles. The minimum absolute atomic E-state index is 0.244. The molecule has 0 spiro atoms. The summed E-state index contributed by atoms with van der Waals surface area (Å²) in [7, 11) is 0. The molecule has 1 aromatic rings. The number of carbonyl (C=O) groups is 1. The summed E-state index contributed by atoms with van der Waals surface area (Å²) in [6.45, 7) is 1.09. The van der Waals surface area contributed by atoms with Crippen molar-refractivity contribution in [1.29, 1.82) is 0 Å². The van der Waals surface area contributed by atoms with E-state index in [1.54, 1.807) is 0 Å². The van der Waals surface area contributed by atoms with Crippen LogP contribution in [-0.4, -0.2) is 12.1 Å². The molecule has 0 saturated heterocycles. The molecule has 1 aromatic carbocycles. The molecule has 0 aliphatic carbocycles. The van der Waals surface area contributed by atoms with Gasteiger partial charge in [-0.1, -0.05) is 0 Å². The summed E-state index contributed by atoms with van der Waals surface area (Å²) in [4.78, 5) is 10.9. The van der Waals surface area contributed by atoms with E-state index in [0.717, 1.165) is 19.1 Å². The Hall–Kier alpha value is -1.79. The fraction of sp³-hybridized carbons (Fsp3) is 0.222. The van der Waals surface area contributed by atoms with Crippen molar-refractivity contribution in [3.8, 4) is 5.75 Å². The van der Waals surface area contributed by atoms with Crippen LogP contribution in [0.2, 0.25) is 0 Å². The van der Waals surface area contributed by atoms with Crippen LogP contribution in [0.15, 0.2) is 12.1 Å². The number of nitrogens with two attached hydrogens (primary N) is 1. The smallest absolute Gasteiger partial charge is 0.403 e. The van der Waals surface area contributed by atoms with Crippen LogP contribution in [0.1, 0.15) is 17.3 Å². The second-order valence-electron chi connectivity index (χ2n) is 2.97. The number of ketones is 1. The van der Waals surface area contributed by atoms with Gasteiger partial charge in [0.2, 0.25) is 0 Å². The lowest BCUT2D eigenvalue weighted by molar-refractivity contribution is -0.274. The predicted molar refractivity (Wildman–Crippen MR) is 47.5 cm³/mol. The third-order valence-corrected chi connectivity index (χ3v) is 1.72. The molecule has 7 heteroatoms. The maximum atomic E-state index is 13.1. The Labute approximate surface area is 87.8 Å². The summed E-state index contributed by atoms with van der Waals surface area (Å²) < 4.78 is 52.2. The molecule has 0 heterocycles. The van der Waals surface area contributed by atoms with Crippen molar-refractivity contribution >= 4 is 11.5 Å². The van der Waals surface area contributed by atoms with Crippen LogP contribution in [-0.2, 0) is 0 Å². The number of benzene rings is 1. The van der Waals surface area contributed by atoms with Crippen molar-refractivity contribution in [3.05, 3.63) is 23.5 Å². The van der Waals surface area contributed by atoms with Crippen molar-refractivity contribution < 1.29 is 27.1 Å². The first-order valence-electron chi connectivity index (χ1n) is 4.06. The summed E-state index contributed by atoms with van der Waals surface area (Å²) in [5, 5.41) is 0. The number of halogens is 4. The maximum Gasteiger partial charge on any atom is 0.573 e. The van der Waals surface area contributed by atoms with Gasteiger partial charge in [-0.3, -0.25) is 4.79 Å². The third kappa shape index (κ3) is 2.85. The highest BCUT2D eigenvalue weighted by atomic mass is 19.4. The van der Waals surface area contributed by atoms with E-state index in [1.165, 1.54) is 0 Å². The fourth-order valence-corrected chi connectivity index (χ4v) is 1.01. The molecule has 16 heavy (non-hydrogen) atoms. The van der Waals surface area contributed by atoms with E-state index in [4.69, 9.17) is 5.73 Å². The maximum absolute atomic E-state index is 13.1. The van der Waals surface area contributed by atoms with Gasteiger partial charge in [-0.2, -0.15) is 0 Å². The predicted octanol–water partition coefficient (Wildman–Crippen LogP) is 2.51. The van der Waals surface area contributed by atoms with Crippen molar-refractivity contribution in [2.45, 2.75) is 13.3 Å². The molecule has 0 aromatic heterocycles. The Morgan fingerprint density at radius 3 is 2.38 bits per heavy atom. The highest BCUT2D eigenvalue weighted by Gasteiger charge is 2.32. The van der Waals surface area contributed by atoms with E-state index in [0.29, 0.717) is 0 Å². The largest absolute Gasteiger partial charge is 0.573 e. The molecule has 0 fully saturated rings. The first-order chi connectivity index (χ1) is 7.20. The molecule has 0 saturated carbocycles. The number of carbonyl (C=O) groups excluding carboxylic acids is 1. The van der Waals surface area contributed by atoms with Gasteiger partial charge < -0.3 is 10.5 Å². The number of hydrogen-bond donors (Lipinski definition) is 1. The zero-order valence-electron chi connectivity index (χ0n) is 8.06. The van der Waals surface area contributed by atoms with Crippen LogP contribution < -0.4 is 10.5 Å². The molecule has 0 aliphatic rings. The van der Waals surface area contributed by atoms with Crippen LogP contribution in [0.3, 0.4) is 0 Å². The van der Waals surface area contributed by atoms with Gasteiger partial charge in [-0.15, -0.1) is 13.2 Å². The van der Waals surface area contributed by atoms with Crippen LogP contribution >= 0.6 is 0 Å². The van der Waals surface area contributed by atoms with Crippen molar-refractivity contribution in [1.82, 2.24) is 0 Å². The molecule has 2 N–H and O–H groups in total. The van der Waals surface area contributed by atoms with Crippen LogP contribution in [0.5, 0.6) is 5.75 Å². The first-order valence-corrected chi connectivity index (χ1v) is 4.06. The highest BCUT2D eigenvalue weighted by molar-refractivity contribution is 5.95. The fourth-order valence-electron chi connectivity index (χ4n) is 1.01. The number of ether oxygens (including phenoxy) is 1. The van der Waals surface area contributed by atoms with Crippen molar-refractivity contribution in [3.63, 3.8) is 0 Å². The van der Waals surface area contributed by atoms with E-state index >= 15 is 0 Å². The number of anilines is 1. The average molecular weight is 237 g/mol. The number of alkyl halides is 3. The van der Waals surface area contributed by atoms with E-state index in [1.807, 2.05) is 0 Å². The average Bonchev–Trinajstić information content (AvgIpc) is 2.10. The highest BCUT2D eigenvalue weighted by Crippen LogP contribution is 2.31. The van der Waals surface area contributed by atoms with Gasteiger partial charge in [0.25, 0.3) is 0 Å². The number of nitrogen functional groups attached to an aromatic ring is 1. The summed E-state index contributed by atoms with van der Waals surface area (Å²) in [6.07, 6.45) is -4.99. The molecular weight excluding hydrogens is 230 g/mol. The van der Waals surface area contributed by atoms with Crippen molar-refractivity contribution in [2.24, 2.45) is 0 Å². The molecular formula is C9H7F4NO2. The van der Waals surface area contributed by atoms with Crippen LogP contribution in [0.4, 0.5) is 23.2 Å². The summed E-state index contributed by atoms with van der Waals surface area (Å²) in [5.41, 5.74) is 4.01. The minimum atomic E-state index is -4.99. The Morgan fingerprint density at radius 2 is 1.94 bits per heavy atom. The zero-order valence-corrected chi connectivity index (χ0v) is 8.06. The normalized spacial score (nSPS) is 11.3. The minimum Gasteiger partial charge on any atom is -0.403 e. The number of Topliss-reactive ketones (excluding diaryl/α,β-unsaturated/α-hetero) is 1. The topological polar surface area (TPSA) is 52.3 Å². The van der Waals surface area contributed by atoms with E-state index < -0.39 is 29.4 Å². The molecule has 0 bridgehead atoms. The van der Waals surface area contributed by atoms with Gasteiger partial charge in [-0.05, 0) is 19.1 Å². The molecule has 0 unspecified atom stereocenters. The van der Waals surface area contributed by atoms with Gasteiger partial charge in [0.05, 0.1) is 0 Å². The quantitative estimate of drug-likeness (QED) is 0.488. The Morgan fingerprint density at radius 1 is 1.38 bits per heavy atom. The number of hydrogen-bond acceptors (Lipinski definition) is 3. The monoisotopic (exact) mass is 237 g/mol. The van der Waals surface area contributed by atoms with Gasteiger partial charge in [-0.25, -0.2) is 4.39 Å². The van der Waals surface area contributed by atoms with Crippen LogP contribution in [0, 0.1) is 5.82 Å². The lowest BCUT2D eigenvalue weighted by atomic mass is 10.1. The molecule has 0 amide bonds. The third-order valence-electron chi connectivity index (χ3n) is 1.72. The second kappa shape index (κ2) is 3.99. The molecule has 88 valence electrons. The zero-order chi connectivity index (χ0) is 12.5. The first kappa shape index (κ1) is 12.3. The van der Waals surface area contributed by atoms with Gasteiger partial charge in [0.1, 0.15) is 5.69 Å². The SMILES string of the molecule is CC(=O)c1cc(F)c(N)c(OC(F)(F)F)c1. The van der Waals surface area contributed by atoms with Gasteiger partial charge in [0.15, 0.2) is 17.3 Å². The van der Waals surface area contributed by atoms with Crippen LogP contribution in [0.25, 0.3) is 0 Å². The van der Waals surface area contributed by atoms with Crippen molar-refractivity contribution in [2.75, 3.05) is 5.73 Å².